The van der Waals surface area contributed by atoms with Gasteiger partial charge in [0.25, 0.3) is 5.91 Å². The predicted octanol–water partition coefficient (Wildman–Crippen LogP) is 3.19. The molecule has 2 rings (SSSR count). The van der Waals surface area contributed by atoms with Gasteiger partial charge in [-0.05, 0) is 49.7 Å². The molecule has 0 spiro atoms. The minimum absolute atomic E-state index is 0.0702. The number of hydrogen-bond acceptors (Lipinski definition) is 3. The second-order valence-corrected chi connectivity index (χ2v) is 4.79. The first-order chi connectivity index (χ1) is 10.1. The van der Waals surface area contributed by atoms with E-state index in [1.165, 1.54) is 0 Å². The SMILES string of the molecule is Cc1ccc(NC(=O)COc2ccc(C#N)cc2)c(C)c1. The molecule has 4 nitrogen and oxygen atoms in total. The number of carbonyl (C=O) groups excluding carboxylic acids is 1. The smallest absolute Gasteiger partial charge is 0.262 e. The molecule has 0 fully saturated rings. The van der Waals surface area contributed by atoms with Gasteiger partial charge in [0, 0.05) is 5.69 Å². The van der Waals surface area contributed by atoms with Gasteiger partial charge in [0.2, 0.25) is 0 Å². The minimum Gasteiger partial charge on any atom is -0.484 e. The first-order valence-corrected chi connectivity index (χ1v) is 6.58. The van der Waals surface area contributed by atoms with E-state index in [2.05, 4.69) is 5.32 Å². The number of carbonyl (C=O) groups is 1. The molecule has 0 saturated heterocycles. The van der Waals surface area contributed by atoms with Crippen LogP contribution < -0.4 is 10.1 Å². The van der Waals surface area contributed by atoms with E-state index >= 15 is 0 Å². The summed E-state index contributed by atoms with van der Waals surface area (Å²) in [4.78, 5) is 11.9. The van der Waals surface area contributed by atoms with Crippen LogP contribution in [0.25, 0.3) is 0 Å². The number of nitriles is 1. The van der Waals surface area contributed by atoms with Crippen LogP contribution in [-0.2, 0) is 4.79 Å². The lowest BCUT2D eigenvalue weighted by atomic mass is 10.1. The second kappa shape index (κ2) is 6.58. The van der Waals surface area contributed by atoms with Gasteiger partial charge in [-0.2, -0.15) is 5.26 Å². The molecule has 0 atom stereocenters. The Morgan fingerprint density at radius 1 is 1.19 bits per heavy atom. The molecule has 0 aliphatic rings. The van der Waals surface area contributed by atoms with Crippen molar-refractivity contribution in [2.45, 2.75) is 13.8 Å². The summed E-state index contributed by atoms with van der Waals surface area (Å²) < 4.78 is 5.38. The van der Waals surface area contributed by atoms with Crippen LogP contribution in [-0.4, -0.2) is 12.5 Å². The minimum atomic E-state index is -0.216. The molecule has 0 saturated carbocycles. The van der Waals surface area contributed by atoms with Gasteiger partial charge in [0.15, 0.2) is 6.61 Å². The molecule has 0 unspecified atom stereocenters. The van der Waals surface area contributed by atoms with Crippen molar-refractivity contribution < 1.29 is 9.53 Å². The van der Waals surface area contributed by atoms with E-state index in [0.717, 1.165) is 16.8 Å². The van der Waals surface area contributed by atoms with Gasteiger partial charge in [-0.25, -0.2) is 0 Å². The maximum atomic E-state index is 11.9. The van der Waals surface area contributed by atoms with E-state index in [4.69, 9.17) is 10.00 Å². The zero-order valence-corrected chi connectivity index (χ0v) is 12.0. The molecule has 0 aliphatic carbocycles. The number of anilines is 1. The summed E-state index contributed by atoms with van der Waals surface area (Å²) in [6, 6.07) is 14.5. The highest BCUT2D eigenvalue weighted by Crippen LogP contribution is 2.16. The topological polar surface area (TPSA) is 62.1 Å². The standard InChI is InChI=1S/C17H16N2O2/c1-12-3-8-16(13(2)9-12)19-17(20)11-21-15-6-4-14(10-18)5-7-15/h3-9H,11H2,1-2H3,(H,19,20). The number of nitrogens with zero attached hydrogens (tertiary/aromatic N) is 1. The maximum absolute atomic E-state index is 11.9. The molecule has 2 aromatic carbocycles. The van der Waals surface area contributed by atoms with Gasteiger partial charge in [-0.1, -0.05) is 17.7 Å². The van der Waals surface area contributed by atoms with E-state index in [1.807, 2.05) is 38.1 Å². The number of nitrogens with one attached hydrogen (secondary N) is 1. The van der Waals surface area contributed by atoms with Crippen molar-refractivity contribution >= 4 is 11.6 Å². The van der Waals surface area contributed by atoms with Crippen molar-refractivity contribution in [3.05, 3.63) is 59.2 Å². The van der Waals surface area contributed by atoms with Crippen molar-refractivity contribution in [2.75, 3.05) is 11.9 Å². The monoisotopic (exact) mass is 280 g/mol. The van der Waals surface area contributed by atoms with E-state index in [9.17, 15) is 4.79 Å². The van der Waals surface area contributed by atoms with Crippen LogP contribution in [0.1, 0.15) is 16.7 Å². The quantitative estimate of drug-likeness (QED) is 0.935. The Balaban J connectivity index is 1.91. The fourth-order valence-electron chi connectivity index (χ4n) is 1.91. The lowest BCUT2D eigenvalue weighted by molar-refractivity contribution is -0.118. The molecule has 0 heterocycles. The first kappa shape index (κ1) is 14.6. The molecule has 1 amide bonds. The molecule has 1 N–H and O–H groups in total. The van der Waals surface area contributed by atoms with Gasteiger partial charge in [0.05, 0.1) is 11.6 Å². The lowest BCUT2D eigenvalue weighted by Gasteiger charge is -2.10. The Hall–Kier alpha value is -2.80. The summed E-state index contributed by atoms with van der Waals surface area (Å²) in [5, 5.41) is 11.5. The Bertz CT molecular complexity index is 685. The number of amides is 1. The summed E-state index contributed by atoms with van der Waals surface area (Å²) >= 11 is 0. The zero-order valence-electron chi connectivity index (χ0n) is 12.0. The molecule has 21 heavy (non-hydrogen) atoms. The van der Waals surface area contributed by atoms with Crippen molar-refractivity contribution in [3.63, 3.8) is 0 Å². The van der Waals surface area contributed by atoms with Crippen molar-refractivity contribution in [2.24, 2.45) is 0 Å². The molecule has 4 heteroatoms. The summed E-state index contributed by atoms with van der Waals surface area (Å²) in [5.41, 5.74) is 3.51. The molecule has 0 aliphatic heterocycles. The van der Waals surface area contributed by atoms with Crippen LogP contribution in [0.4, 0.5) is 5.69 Å². The third-order valence-electron chi connectivity index (χ3n) is 3.01. The highest BCUT2D eigenvalue weighted by Gasteiger charge is 2.06. The van der Waals surface area contributed by atoms with Gasteiger partial charge in [-0.15, -0.1) is 0 Å². The Kier molecular flexibility index (Phi) is 4.57. The molecular formula is C17H16N2O2. The second-order valence-electron chi connectivity index (χ2n) is 4.79. The van der Waals surface area contributed by atoms with Crippen LogP contribution in [0.2, 0.25) is 0 Å². The highest BCUT2D eigenvalue weighted by molar-refractivity contribution is 5.92. The normalized spacial score (nSPS) is 9.76. The average Bonchev–Trinajstić information content (AvgIpc) is 2.48. The fraction of sp³-hybridized carbons (Fsp3) is 0.176. The maximum Gasteiger partial charge on any atom is 0.262 e. The molecule has 0 aromatic heterocycles. The highest BCUT2D eigenvalue weighted by atomic mass is 16.5. The van der Waals surface area contributed by atoms with E-state index < -0.39 is 0 Å². The van der Waals surface area contributed by atoms with Crippen LogP contribution in [0, 0.1) is 25.2 Å². The lowest BCUT2D eigenvalue weighted by Crippen LogP contribution is -2.20. The number of aryl methyl sites for hydroxylation is 2. The summed E-state index contributed by atoms with van der Waals surface area (Å²) in [6.07, 6.45) is 0. The fourth-order valence-corrected chi connectivity index (χ4v) is 1.91. The Morgan fingerprint density at radius 3 is 2.52 bits per heavy atom. The van der Waals surface area contributed by atoms with E-state index in [1.54, 1.807) is 24.3 Å². The largest absolute Gasteiger partial charge is 0.484 e. The van der Waals surface area contributed by atoms with Crippen LogP contribution in [0.15, 0.2) is 42.5 Å². The third-order valence-corrected chi connectivity index (χ3v) is 3.01. The van der Waals surface area contributed by atoms with Crippen LogP contribution >= 0.6 is 0 Å². The zero-order chi connectivity index (χ0) is 15.2. The van der Waals surface area contributed by atoms with Gasteiger partial charge >= 0.3 is 0 Å². The summed E-state index contributed by atoms with van der Waals surface area (Å²) in [5.74, 6) is 0.344. The molecule has 0 radical (unpaired) electrons. The number of hydrogen-bond donors (Lipinski definition) is 1. The number of benzene rings is 2. The molecule has 106 valence electrons. The Morgan fingerprint density at radius 2 is 1.90 bits per heavy atom. The van der Waals surface area contributed by atoms with E-state index in [-0.39, 0.29) is 12.5 Å². The van der Waals surface area contributed by atoms with Crippen molar-refractivity contribution in [1.29, 1.82) is 5.26 Å². The van der Waals surface area contributed by atoms with Crippen molar-refractivity contribution in [3.8, 4) is 11.8 Å². The number of ether oxygens (including phenoxy) is 1. The molecule has 2 aromatic rings. The van der Waals surface area contributed by atoms with Gasteiger partial charge < -0.3 is 10.1 Å². The number of rotatable bonds is 4. The first-order valence-electron chi connectivity index (χ1n) is 6.58. The van der Waals surface area contributed by atoms with Crippen molar-refractivity contribution in [1.82, 2.24) is 0 Å². The molecular weight excluding hydrogens is 264 g/mol. The van der Waals surface area contributed by atoms with Crippen LogP contribution in [0.5, 0.6) is 5.75 Å². The Labute approximate surface area is 124 Å². The van der Waals surface area contributed by atoms with Gasteiger partial charge in [0.1, 0.15) is 5.75 Å². The summed E-state index contributed by atoms with van der Waals surface area (Å²) in [7, 11) is 0. The summed E-state index contributed by atoms with van der Waals surface area (Å²) in [6.45, 7) is 3.88. The van der Waals surface area contributed by atoms with E-state index in [0.29, 0.717) is 11.3 Å². The van der Waals surface area contributed by atoms with Gasteiger partial charge in [-0.3, -0.25) is 4.79 Å². The molecule has 0 bridgehead atoms. The third kappa shape index (κ3) is 4.08. The predicted molar refractivity (Wildman–Crippen MR) is 81.2 cm³/mol. The van der Waals surface area contributed by atoms with Crippen LogP contribution in [0.3, 0.4) is 0 Å². The average molecular weight is 280 g/mol.